The zero-order valence-electron chi connectivity index (χ0n) is 12.4. The average molecular weight is 293 g/mol. The minimum atomic E-state index is -0.348. The minimum Gasteiger partial charge on any atom is -0.330 e. The molecular formula is C16H24FN3O. The fourth-order valence-electron chi connectivity index (χ4n) is 2.87. The summed E-state index contributed by atoms with van der Waals surface area (Å²) in [5, 5.41) is 2.80. The lowest BCUT2D eigenvalue weighted by Crippen LogP contribution is -2.44. The molecule has 0 radical (unpaired) electrons. The van der Waals surface area contributed by atoms with E-state index >= 15 is 0 Å². The van der Waals surface area contributed by atoms with Gasteiger partial charge < -0.3 is 16.0 Å². The molecule has 1 aliphatic rings. The van der Waals surface area contributed by atoms with Crippen molar-refractivity contribution >= 4 is 11.7 Å². The van der Waals surface area contributed by atoms with Crippen LogP contribution in [0, 0.1) is 5.82 Å². The number of nitrogens with two attached hydrogens (primary N) is 1. The smallest absolute Gasteiger partial charge is 0.322 e. The van der Waals surface area contributed by atoms with Crippen LogP contribution in [0.3, 0.4) is 0 Å². The monoisotopic (exact) mass is 293 g/mol. The van der Waals surface area contributed by atoms with Gasteiger partial charge in [0.25, 0.3) is 0 Å². The van der Waals surface area contributed by atoms with Crippen molar-refractivity contribution in [3.05, 3.63) is 30.1 Å². The van der Waals surface area contributed by atoms with Gasteiger partial charge in [-0.05, 0) is 44.0 Å². The number of benzene rings is 1. The molecule has 3 N–H and O–H groups in total. The van der Waals surface area contributed by atoms with Crippen molar-refractivity contribution in [3.63, 3.8) is 0 Å². The summed E-state index contributed by atoms with van der Waals surface area (Å²) in [7, 11) is 0. The molecule has 1 aromatic carbocycles. The zero-order valence-corrected chi connectivity index (χ0v) is 12.4. The number of carbonyl (C=O) groups excluding carboxylic acids is 1. The number of anilines is 1. The van der Waals surface area contributed by atoms with Gasteiger partial charge in [-0.3, -0.25) is 0 Å². The van der Waals surface area contributed by atoms with Gasteiger partial charge in [0, 0.05) is 18.3 Å². The second kappa shape index (κ2) is 7.98. The molecule has 0 aliphatic heterocycles. The van der Waals surface area contributed by atoms with Crippen LogP contribution in [-0.4, -0.2) is 30.1 Å². The van der Waals surface area contributed by atoms with E-state index in [-0.39, 0.29) is 17.9 Å². The van der Waals surface area contributed by atoms with E-state index in [1.54, 1.807) is 12.1 Å². The molecule has 1 fully saturated rings. The Bertz CT molecular complexity index is 461. The number of amides is 2. The van der Waals surface area contributed by atoms with E-state index in [0.29, 0.717) is 18.8 Å². The van der Waals surface area contributed by atoms with Gasteiger partial charge in [0.1, 0.15) is 5.82 Å². The molecule has 1 aliphatic carbocycles. The van der Waals surface area contributed by atoms with Crippen LogP contribution in [0.25, 0.3) is 0 Å². The standard InChI is InChI=1S/C16H24FN3O/c17-13-6-4-7-14(12-13)19-16(21)20(11-5-10-18)15-8-2-1-3-9-15/h4,6-7,12,15H,1-3,5,8-11,18H2,(H,19,21). The van der Waals surface area contributed by atoms with E-state index in [4.69, 9.17) is 5.73 Å². The molecule has 0 saturated heterocycles. The Hall–Kier alpha value is -1.62. The van der Waals surface area contributed by atoms with Gasteiger partial charge in [0.2, 0.25) is 0 Å². The first kappa shape index (κ1) is 15.8. The lowest BCUT2D eigenvalue weighted by Gasteiger charge is -2.34. The Balaban J connectivity index is 2.02. The van der Waals surface area contributed by atoms with Crippen LogP contribution in [0.5, 0.6) is 0 Å². The van der Waals surface area contributed by atoms with Gasteiger partial charge in [0.15, 0.2) is 0 Å². The zero-order chi connectivity index (χ0) is 15.1. The fourth-order valence-corrected chi connectivity index (χ4v) is 2.87. The Morgan fingerprint density at radius 3 is 2.76 bits per heavy atom. The van der Waals surface area contributed by atoms with E-state index < -0.39 is 0 Å². The van der Waals surface area contributed by atoms with Gasteiger partial charge in [-0.1, -0.05) is 25.3 Å². The molecule has 1 saturated carbocycles. The highest BCUT2D eigenvalue weighted by Crippen LogP contribution is 2.23. The van der Waals surface area contributed by atoms with Crippen LogP contribution >= 0.6 is 0 Å². The average Bonchev–Trinajstić information content (AvgIpc) is 2.49. The SMILES string of the molecule is NCCCN(C(=O)Nc1cccc(F)c1)C1CCCCC1. The second-order valence-electron chi connectivity index (χ2n) is 5.57. The normalized spacial score (nSPS) is 15.7. The highest BCUT2D eigenvalue weighted by molar-refractivity contribution is 5.89. The topological polar surface area (TPSA) is 58.4 Å². The molecule has 0 bridgehead atoms. The number of urea groups is 1. The highest BCUT2D eigenvalue weighted by Gasteiger charge is 2.25. The summed E-state index contributed by atoms with van der Waals surface area (Å²) in [6.45, 7) is 1.22. The van der Waals surface area contributed by atoms with E-state index in [9.17, 15) is 9.18 Å². The number of rotatable bonds is 5. The van der Waals surface area contributed by atoms with Crippen molar-refractivity contribution in [1.82, 2.24) is 4.90 Å². The molecule has 0 spiro atoms. The third-order valence-corrected chi connectivity index (χ3v) is 3.96. The third-order valence-electron chi connectivity index (χ3n) is 3.96. The molecule has 0 heterocycles. The Morgan fingerprint density at radius 2 is 2.10 bits per heavy atom. The number of halogens is 1. The van der Waals surface area contributed by atoms with Crippen molar-refractivity contribution < 1.29 is 9.18 Å². The first-order chi connectivity index (χ1) is 10.2. The molecule has 1 aromatic rings. The molecule has 2 amide bonds. The first-order valence-corrected chi connectivity index (χ1v) is 7.74. The first-order valence-electron chi connectivity index (χ1n) is 7.74. The summed E-state index contributed by atoms with van der Waals surface area (Å²) in [5.74, 6) is -0.348. The van der Waals surface area contributed by atoms with Gasteiger partial charge in [-0.25, -0.2) is 9.18 Å². The van der Waals surface area contributed by atoms with E-state index in [2.05, 4.69) is 5.32 Å². The van der Waals surface area contributed by atoms with Crippen LogP contribution in [0.1, 0.15) is 38.5 Å². The van der Waals surface area contributed by atoms with Crippen LogP contribution in [0.2, 0.25) is 0 Å². The van der Waals surface area contributed by atoms with Crippen LogP contribution in [0.15, 0.2) is 24.3 Å². The van der Waals surface area contributed by atoms with Crippen molar-refractivity contribution in [1.29, 1.82) is 0 Å². The number of nitrogens with one attached hydrogen (secondary N) is 1. The molecular weight excluding hydrogens is 269 g/mol. The largest absolute Gasteiger partial charge is 0.330 e. The molecule has 21 heavy (non-hydrogen) atoms. The quantitative estimate of drug-likeness (QED) is 0.874. The maximum atomic E-state index is 13.2. The lowest BCUT2D eigenvalue weighted by atomic mass is 9.94. The predicted octanol–water partition coefficient (Wildman–Crippen LogP) is 3.34. The van der Waals surface area contributed by atoms with E-state index in [0.717, 1.165) is 32.1 Å². The molecule has 116 valence electrons. The van der Waals surface area contributed by atoms with Crippen molar-refractivity contribution in [2.75, 3.05) is 18.4 Å². The molecule has 4 nitrogen and oxygen atoms in total. The van der Waals surface area contributed by atoms with Gasteiger partial charge in [0.05, 0.1) is 0 Å². The molecule has 0 atom stereocenters. The Morgan fingerprint density at radius 1 is 1.33 bits per heavy atom. The molecule has 5 heteroatoms. The van der Waals surface area contributed by atoms with Crippen molar-refractivity contribution in [2.24, 2.45) is 5.73 Å². The summed E-state index contributed by atoms with van der Waals surface area (Å²) in [5.41, 5.74) is 6.07. The molecule has 0 unspecified atom stereocenters. The third kappa shape index (κ3) is 4.70. The minimum absolute atomic E-state index is 0.152. The fraction of sp³-hybridized carbons (Fsp3) is 0.562. The maximum Gasteiger partial charge on any atom is 0.322 e. The van der Waals surface area contributed by atoms with E-state index in [1.807, 2.05) is 4.90 Å². The number of carbonyl (C=O) groups is 1. The van der Waals surface area contributed by atoms with Crippen LogP contribution in [-0.2, 0) is 0 Å². The summed E-state index contributed by atoms with van der Waals surface area (Å²) in [6.07, 6.45) is 6.44. The number of hydrogen-bond acceptors (Lipinski definition) is 2. The van der Waals surface area contributed by atoms with Gasteiger partial charge in [-0.15, -0.1) is 0 Å². The number of nitrogens with zero attached hydrogens (tertiary/aromatic N) is 1. The summed E-state index contributed by atoms with van der Waals surface area (Å²) in [6, 6.07) is 6.11. The second-order valence-corrected chi connectivity index (χ2v) is 5.57. The predicted molar refractivity (Wildman–Crippen MR) is 82.7 cm³/mol. The van der Waals surface area contributed by atoms with Crippen molar-refractivity contribution in [2.45, 2.75) is 44.6 Å². The molecule has 0 aromatic heterocycles. The summed E-state index contributed by atoms with van der Waals surface area (Å²) >= 11 is 0. The Kier molecular flexibility index (Phi) is 5.99. The Labute approximate surface area is 125 Å². The lowest BCUT2D eigenvalue weighted by molar-refractivity contribution is 0.167. The number of hydrogen-bond donors (Lipinski definition) is 2. The molecule has 2 rings (SSSR count). The van der Waals surface area contributed by atoms with Crippen LogP contribution < -0.4 is 11.1 Å². The maximum absolute atomic E-state index is 13.2. The van der Waals surface area contributed by atoms with Gasteiger partial charge >= 0.3 is 6.03 Å². The highest BCUT2D eigenvalue weighted by atomic mass is 19.1. The van der Waals surface area contributed by atoms with Crippen LogP contribution in [0.4, 0.5) is 14.9 Å². The summed E-state index contributed by atoms with van der Waals surface area (Å²) < 4.78 is 13.2. The summed E-state index contributed by atoms with van der Waals surface area (Å²) in [4.78, 5) is 14.4. The van der Waals surface area contributed by atoms with Gasteiger partial charge in [-0.2, -0.15) is 0 Å². The van der Waals surface area contributed by atoms with Crippen molar-refractivity contribution in [3.8, 4) is 0 Å². The van der Waals surface area contributed by atoms with E-state index in [1.165, 1.54) is 18.6 Å².